The first-order chi connectivity index (χ1) is 15.2. The molecule has 0 unspecified atom stereocenters. The van der Waals surface area contributed by atoms with Crippen molar-refractivity contribution in [2.24, 2.45) is 5.92 Å². The van der Waals surface area contributed by atoms with Crippen molar-refractivity contribution in [2.45, 2.75) is 46.1 Å². The first-order valence-electron chi connectivity index (χ1n) is 11.6. The highest BCUT2D eigenvalue weighted by Crippen LogP contribution is 2.27. The van der Waals surface area contributed by atoms with E-state index >= 15 is 0 Å². The second-order valence-corrected chi connectivity index (χ2v) is 8.56. The molecule has 5 heteroatoms. The zero-order valence-electron chi connectivity index (χ0n) is 18.7. The Bertz CT molecular complexity index is 986. The molecule has 0 aliphatic carbocycles. The number of carbonyl (C=O) groups excluding carboxylic acids is 1. The first kappa shape index (κ1) is 21.6. The van der Waals surface area contributed by atoms with Gasteiger partial charge in [-0.3, -0.25) is 9.69 Å². The van der Waals surface area contributed by atoms with E-state index in [1.807, 2.05) is 36.9 Å². The van der Waals surface area contributed by atoms with Gasteiger partial charge in [0.1, 0.15) is 0 Å². The van der Waals surface area contributed by atoms with Crippen LogP contribution in [0.25, 0.3) is 11.0 Å². The Hall–Kier alpha value is -2.66. The van der Waals surface area contributed by atoms with Gasteiger partial charge < -0.3 is 9.42 Å². The normalized spacial score (nSPS) is 15.4. The van der Waals surface area contributed by atoms with Crippen LogP contribution < -0.4 is 0 Å². The van der Waals surface area contributed by atoms with Gasteiger partial charge in [-0.15, -0.1) is 0 Å². The van der Waals surface area contributed by atoms with E-state index in [1.54, 1.807) is 0 Å². The van der Waals surface area contributed by atoms with Crippen molar-refractivity contribution in [2.75, 3.05) is 26.2 Å². The fraction of sp³-hybridized carbons (Fsp3) is 0.462. The highest BCUT2D eigenvalue weighted by Gasteiger charge is 2.21. The van der Waals surface area contributed by atoms with Crippen LogP contribution in [0.3, 0.4) is 0 Å². The Labute approximate surface area is 185 Å². The van der Waals surface area contributed by atoms with Crippen LogP contribution >= 0.6 is 0 Å². The Morgan fingerprint density at radius 1 is 1.10 bits per heavy atom. The number of piperidine rings is 1. The maximum absolute atomic E-state index is 12.6. The van der Waals surface area contributed by atoms with Gasteiger partial charge in [-0.25, -0.2) is 0 Å². The van der Waals surface area contributed by atoms with E-state index < -0.39 is 0 Å². The molecule has 0 spiro atoms. The van der Waals surface area contributed by atoms with Gasteiger partial charge in [0.05, 0.1) is 5.69 Å². The van der Waals surface area contributed by atoms with E-state index in [4.69, 9.17) is 4.52 Å². The molecule has 2 aromatic carbocycles. The van der Waals surface area contributed by atoms with Gasteiger partial charge in [-0.1, -0.05) is 35.5 Å². The molecule has 1 aliphatic heterocycles. The minimum absolute atomic E-state index is 0.0483. The molecule has 1 aromatic heterocycles. The summed E-state index contributed by atoms with van der Waals surface area (Å²) in [6, 6.07) is 16.5. The summed E-state index contributed by atoms with van der Waals surface area (Å²) in [5, 5.41) is 5.37. The molecule has 0 N–H and O–H groups in total. The Kier molecular flexibility index (Phi) is 7.03. The Morgan fingerprint density at radius 2 is 1.84 bits per heavy atom. The minimum atomic E-state index is 0.0483. The Morgan fingerprint density at radius 3 is 2.55 bits per heavy atom. The van der Waals surface area contributed by atoms with Crippen LogP contribution in [0.5, 0.6) is 0 Å². The molecule has 3 aromatic rings. The number of likely N-dealkylation sites (tertiary alicyclic amines) is 1. The lowest BCUT2D eigenvalue weighted by Gasteiger charge is -2.31. The van der Waals surface area contributed by atoms with E-state index in [0.717, 1.165) is 49.5 Å². The molecule has 1 saturated heterocycles. The molecule has 4 rings (SSSR count). The van der Waals surface area contributed by atoms with Crippen LogP contribution in [0.1, 0.15) is 54.7 Å². The monoisotopic (exact) mass is 419 g/mol. The molecule has 5 nitrogen and oxygen atoms in total. The van der Waals surface area contributed by atoms with E-state index in [2.05, 4.69) is 40.4 Å². The van der Waals surface area contributed by atoms with Crippen molar-refractivity contribution in [3.8, 4) is 0 Å². The molecule has 1 fully saturated rings. The average molecular weight is 420 g/mol. The maximum Gasteiger partial charge on any atom is 0.253 e. The molecule has 0 bridgehead atoms. The third-order valence-corrected chi connectivity index (χ3v) is 6.59. The zero-order chi connectivity index (χ0) is 21.6. The van der Waals surface area contributed by atoms with Gasteiger partial charge in [-0.05, 0) is 82.3 Å². The molecule has 1 aliphatic rings. The number of carbonyl (C=O) groups is 1. The lowest BCUT2D eigenvalue weighted by atomic mass is 9.91. The fourth-order valence-electron chi connectivity index (χ4n) is 4.61. The number of rotatable bonds is 8. The van der Waals surface area contributed by atoms with Crippen LogP contribution in [0, 0.1) is 5.92 Å². The molecule has 31 heavy (non-hydrogen) atoms. The molecule has 0 saturated carbocycles. The van der Waals surface area contributed by atoms with E-state index in [0.29, 0.717) is 24.2 Å². The van der Waals surface area contributed by atoms with Crippen LogP contribution in [-0.2, 0) is 13.0 Å². The Balaban J connectivity index is 1.31. The highest BCUT2D eigenvalue weighted by molar-refractivity contribution is 5.97. The van der Waals surface area contributed by atoms with Crippen molar-refractivity contribution in [1.82, 2.24) is 15.0 Å². The predicted octanol–water partition coefficient (Wildman–Crippen LogP) is 5.15. The van der Waals surface area contributed by atoms with Crippen LogP contribution in [0.2, 0.25) is 0 Å². The number of aromatic nitrogens is 1. The van der Waals surface area contributed by atoms with Gasteiger partial charge >= 0.3 is 0 Å². The number of fused-ring (bicyclic) bond motifs is 1. The molecule has 0 atom stereocenters. The van der Waals surface area contributed by atoms with Gasteiger partial charge in [0.2, 0.25) is 0 Å². The standard InChI is InChI=1S/C26H33N3O2/c1-3-29(4-2)26(30)22-11-12-23-24(27-31-25(23)18-22)13-10-20-14-16-28(17-15-20)19-21-8-6-5-7-9-21/h5-9,11-12,18,20H,3-4,10,13-17,19H2,1-2H3. The summed E-state index contributed by atoms with van der Waals surface area (Å²) in [6.45, 7) is 8.79. The fourth-order valence-corrected chi connectivity index (χ4v) is 4.61. The second kappa shape index (κ2) is 10.1. The summed E-state index contributed by atoms with van der Waals surface area (Å²) in [4.78, 5) is 17.0. The largest absolute Gasteiger partial charge is 0.356 e. The number of amides is 1. The topological polar surface area (TPSA) is 49.6 Å². The van der Waals surface area contributed by atoms with Gasteiger partial charge in [0.15, 0.2) is 5.58 Å². The maximum atomic E-state index is 12.6. The smallest absolute Gasteiger partial charge is 0.253 e. The molecule has 164 valence electrons. The highest BCUT2D eigenvalue weighted by atomic mass is 16.5. The van der Waals surface area contributed by atoms with Crippen LogP contribution in [0.4, 0.5) is 0 Å². The lowest BCUT2D eigenvalue weighted by molar-refractivity contribution is 0.0773. The third kappa shape index (κ3) is 5.16. The van der Waals surface area contributed by atoms with Crippen molar-refractivity contribution >= 4 is 16.9 Å². The summed E-state index contributed by atoms with van der Waals surface area (Å²) >= 11 is 0. The van der Waals surface area contributed by atoms with Crippen LogP contribution in [-0.4, -0.2) is 47.0 Å². The van der Waals surface area contributed by atoms with Crippen molar-refractivity contribution in [3.63, 3.8) is 0 Å². The average Bonchev–Trinajstić information content (AvgIpc) is 3.22. The number of aryl methyl sites for hydroxylation is 1. The molecule has 1 amide bonds. The predicted molar refractivity (Wildman–Crippen MR) is 124 cm³/mol. The lowest BCUT2D eigenvalue weighted by Crippen LogP contribution is -2.33. The van der Waals surface area contributed by atoms with Crippen molar-refractivity contribution in [1.29, 1.82) is 0 Å². The number of hydrogen-bond donors (Lipinski definition) is 0. The third-order valence-electron chi connectivity index (χ3n) is 6.59. The van der Waals surface area contributed by atoms with Gasteiger partial charge in [0.25, 0.3) is 5.91 Å². The summed E-state index contributed by atoms with van der Waals surface area (Å²) in [5.74, 6) is 0.786. The first-order valence-corrected chi connectivity index (χ1v) is 11.6. The number of hydrogen-bond acceptors (Lipinski definition) is 4. The molecule has 0 radical (unpaired) electrons. The quantitative estimate of drug-likeness (QED) is 0.506. The summed E-state index contributed by atoms with van der Waals surface area (Å²) in [7, 11) is 0. The van der Waals surface area contributed by atoms with E-state index in [-0.39, 0.29) is 5.91 Å². The van der Waals surface area contributed by atoms with Crippen LogP contribution in [0.15, 0.2) is 53.1 Å². The van der Waals surface area contributed by atoms with Gasteiger partial charge in [0, 0.05) is 30.6 Å². The van der Waals surface area contributed by atoms with E-state index in [9.17, 15) is 4.79 Å². The van der Waals surface area contributed by atoms with Crippen molar-refractivity contribution < 1.29 is 9.32 Å². The summed E-state index contributed by atoms with van der Waals surface area (Å²) in [5.41, 5.74) is 3.80. The van der Waals surface area contributed by atoms with Gasteiger partial charge in [-0.2, -0.15) is 0 Å². The second-order valence-electron chi connectivity index (χ2n) is 8.56. The molecular weight excluding hydrogens is 386 g/mol. The summed E-state index contributed by atoms with van der Waals surface area (Å²) < 4.78 is 5.58. The van der Waals surface area contributed by atoms with Crippen molar-refractivity contribution in [3.05, 3.63) is 65.4 Å². The number of nitrogens with zero attached hydrogens (tertiary/aromatic N) is 3. The zero-order valence-corrected chi connectivity index (χ0v) is 18.7. The minimum Gasteiger partial charge on any atom is -0.356 e. The SMILES string of the molecule is CCN(CC)C(=O)c1ccc2c(CCC3CCN(Cc4ccccc4)CC3)noc2c1. The van der Waals surface area contributed by atoms with E-state index in [1.165, 1.54) is 18.4 Å². The number of benzene rings is 2. The molecule has 2 heterocycles. The molecular formula is C26H33N3O2. The summed E-state index contributed by atoms with van der Waals surface area (Å²) in [6.07, 6.45) is 4.55.